The van der Waals surface area contributed by atoms with E-state index in [9.17, 15) is 4.79 Å². The average molecular weight is 399 g/mol. The molecule has 28 heavy (non-hydrogen) atoms. The number of H-pyrrole nitrogens is 1. The summed E-state index contributed by atoms with van der Waals surface area (Å²) < 4.78 is 5.43. The van der Waals surface area contributed by atoms with Crippen LogP contribution < -0.4 is 20.5 Å². The van der Waals surface area contributed by atoms with Gasteiger partial charge in [-0.2, -0.15) is 5.10 Å². The van der Waals surface area contributed by atoms with Gasteiger partial charge in [-0.3, -0.25) is 4.79 Å². The van der Waals surface area contributed by atoms with E-state index in [1.54, 1.807) is 13.2 Å². The molecule has 0 atom stereocenters. The van der Waals surface area contributed by atoms with Crippen molar-refractivity contribution in [3.63, 3.8) is 0 Å². The maximum atomic E-state index is 11.9. The van der Waals surface area contributed by atoms with Gasteiger partial charge in [0.05, 0.1) is 12.5 Å². The van der Waals surface area contributed by atoms with Crippen LogP contribution in [0.1, 0.15) is 24.8 Å². The van der Waals surface area contributed by atoms with E-state index in [-0.39, 0.29) is 10.7 Å². The van der Waals surface area contributed by atoms with Gasteiger partial charge >= 0.3 is 0 Å². The highest BCUT2D eigenvalue weighted by Crippen LogP contribution is 2.29. The van der Waals surface area contributed by atoms with Crippen LogP contribution in [0, 0.1) is 0 Å². The molecule has 1 fully saturated rings. The van der Waals surface area contributed by atoms with Gasteiger partial charge in [0.15, 0.2) is 5.15 Å². The molecule has 1 aliphatic rings. The summed E-state index contributed by atoms with van der Waals surface area (Å²) in [6.45, 7) is 2.81. The predicted molar refractivity (Wildman–Crippen MR) is 114 cm³/mol. The number of piperidine rings is 1. The zero-order valence-corrected chi connectivity index (χ0v) is 16.6. The average Bonchev–Trinajstić information content (AvgIpc) is 2.75. The first kappa shape index (κ1) is 18.6. The van der Waals surface area contributed by atoms with Crippen molar-refractivity contribution in [3.05, 3.63) is 57.5 Å². The lowest BCUT2D eigenvalue weighted by molar-refractivity contribution is 0.414. The third-order valence-corrected chi connectivity index (χ3v) is 5.50. The molecule has 2 N–H and O–H groups in total. The number of ether oxygens (including phenoxy) is 1. The summed E-state index contributed by atoms with van der Waals surface area (Å²) in [6, 6.07) is 11.7. The van der Waals surface area contributed by atoms with Gasteiger partial charge in [0, 0.05) is 36.4 Å². The number of rotatable bonds is 5. The number of aromatic amines is 1. The Morgan fingerprint density at radius 2 is 1.96 bits per heavy atom. The van der Waals surface area contributed by atoms with Crippen molar-refractivity contribution in [2.24, 2.45) is 0 Å². The lowest BCUT2D eigenvalue weighted by atomic mass is 10.1. The molecule has 1 aliphatic heterocycles. The molecule has 0 unspecified atom stereocenters. The van der Waals surface area contributed by atoms with E-state index < -0.39 is 0 Å². The molecule has 6 nitrogen and oxygen atoms in total. The summed E-state index contributed by atoms with van der Waals surface area (Å²) in [5.74, 6) is 0.842. The number of halogens is 1. The van der Waals surface area contributed by atoms with Crippen molar-refractivity contribution >= 4 is 33.7 Å². The maximum Gasteiger partial charge on any atom is 0.272 e. The van der Waals surface area contributed by atoms with Crippen molar-refractivity contribution < 1.29 is 4.74 Å². The number of fused-ring (bicyclic) bond motifs is 1. The van der Waals surface area contributed by atoms with E-state index in [0.29, 0.717) is 17.3 Å². The highest BCUT2D eigenvalue weighted by Gasteiger charge is 2.15. The third-order valence-electron chi connectivity index (χ3n) is 5.21. The predicted octanol–water partition coefficient (Wildman–Crippen LogP) is 4.19. The van der Waals surface area contributed by atoms with Gasteiger partial charge in [-0.1, -0.05) is 11.6 Å². The Morgan fingerprint density at radius 3 is 2.75 bits per heavy atom. The second-order valence-electron chi connectivity index (χ2n) is 7.00. The Labute approximate surface area is 168 Å². The minimum Gasteiger partial charge on any atom is -0.497 e. The molecular weight excluding hydrogens is 376 g/mol. The van der Waals surface area contributed by atoms with Gasteiger partial charge in [-0.25, -0.2) is 5.10 Å². The summed E-state index contributed by atoms with van der Waals surface area (Å²) in [6.07, 6.45) is 3.75. The standard InChI is InChI=1S/C21H23ClN4O2/c1-28-16-6-8-19(26-9-3-2-4-10-26)14(11-16)13-23-15-5-7-17-18(12-15)20(22)24-25-21(17)27/h5-8,11-12,23H,2-4,9-10,13H2,1H3,(H,25,27). The lowest BCUT2D eigenvalue weighted by Crippen LogP contribution is -2.30. The van der Waals surface area contributed by atoms with E-state index in [1.165, 1.54) is 30.5 Å². The Bertz CT molecular complexity index is 1040. The first-order valence-electron chi connectivity index (χ1n) is 9.49. The first-order chi connectivity index (χ1) is 13.7. The molecule has 3 aromatic rings. The van der Waals surface area contributed by atoms with Gasteiger partial charge in [0.1, 0.15) is 5.75 Å². The van der Waals surface area contributed by atoms with E-state index in [2.05, 4.69) is 32.5 Å². The van der Waals surface area contributed by atoms with E-state index in [1.807, 2.05) is 18.2 Å². The zero-order valence-electron chi connectivity index (χ0n) is 15.8. The molecule has 146 valence electrons. The minimum atomic E-state index is -0.244. The van der Waals surface area contributed by atoms with Crippen molar-refractivity contribution in [1.82, 2.24) is 10.2 Å². The lowest BCUT2D eigenvalue weighted by Gasteiger charge is -2.31. The second kappa shape index (κ2) is 8.10. The zero-order chi connectivity index (χ0) is 19.5. The van der Waals surface area contributed by atoms with Crippen molar-refractivity contribution in [1.29, 1.82) is 0 Å². The second-order valence-corrected chi connectivity index (χ2v) is 7.36. The highest BCUT2D eigenvalue weighted by atomic mass is 35.5. The number of methoxy groups -OCH3 is 1. The van der Waals surface area contributed by atoms with Crippen molar-refractivity contribution in [2.45, 2.75) is 25.8 Å². The Morgan fingerprint density at radius 1 is 1.14 bits per heavy atom. The number of hydrogen-bond donors (Lipinski definition) is 2. The molecule has 0 spiro atoms. The molecular formula is C21H23ClN4O2. The molecule has 4 rings (SSSR count). The number of nitrogens with one attached hydrogen (secondary N) is 2. The van der Waals surface area contributed by atoms with Crippen LogP contribution in [0.2, 0.25) is 5.15 Å². The monoisotopic (exact) mass is 398 g/mol. The number of nitrogens with zero attached hydrogens (tertiary/aromatic N) is 2. The van der Waals surface area contributed by atoms with Gasteiger partial charge < -0.3 is 15.0 Å². The highest BCUT2D eigenvalue weighted by molar-refractivity contribution is 6.34. The molecule has 7 heteroatoms. The fourth-order valence-corrected chi connectivity index (χ4v) is 3.91. The SMILES string of the molecule is COc1ccc(N2CCCCC2)c(CNc2ccc3c(=O)[nH]nc(Cl)c3c2)c1. The smallest absolute Gasteiger partial charge is 0.272 e. The Balaban J connectivity index is 1.61. The van der Waals surface area contributed by atoms with Crippen molar-refractivity contribution in [3.8, 4) is 5.75 Å². The van der Waals surface area contributed by atoms with Gasteiger partial charge in [-0.15, -0.1) is 0 Å². The van der Waals surface area contributed by atoms with E-state index >= 15 is 0 Å². The molecule has 2 heterocycles. The van der Waals surface area contributed by atoms with Crippen molar-refractivity contribution in [2.75, 3.05) is 30.4 Å². The molecule has 2 aromatic carbocycles. The number of benzene rings is 2. The van der Waals surface area contributed by atoms with Crippen LogP contribution in [0.15, 0.2) is 41.2 Å². The summed E-state index contributed by atoms with van der Waals surface area (Å²) in [7, 11) is 1.68. The van der Waals surface area contributed by atoms with Crippen LogP contribution in [-0.4, -0.2) is 30.4 Å². The Hall–Kier alpha value is -2.73. The van der Waals surface area contributed by atoms with Gasteiger partial charge in [0.25, 0.3) is 5.56 Å². The molecule has 0 radical (unpaired) electrons. The van der Waals surface area contributed by atoms with Crippen LogP contribution >= 0.6 is 11.6 Å². The third kappa shape index (κ3) is 3.78. The van der Waals surface area contributed by atoms with E-state index in [0.717, 1.165) is 24.5 Å². The first-order valence-corrected chi connectivity index (χ1v) is 9.87. The Kier molecular flexibility index (Phi) is 5.39. The molecule has 1 aromatic heterocycles. The van der Waals surface area contributed by atoms with Crippen LogP contribution in [0.4, 0.5) is 11.4 Å². The summed E-state index contributed by atoms with van der Waals surface area (Å²) in [5.41, 5.74) is 3.06. The van der Waals surface area contributed by atoms with Crippen LogP contribution in [0.25, 0.3) is 10.8 Å². The fraction of sp³-hybridized carbons (Fsp3) is 0.333. The number of aromatic nitrogens is 2. The minimum absolute atomic E-state index is 0.244. The summed E-state index contributed by atoms with van der Waals surface area (Å²) in [4.78, 5) is 14.3. The van der Waals surface area contributed by atoms with Crippen LogP contribution in [0.3, 0.4) is 0 Å². The molecule has 0 bridgehead atoms. The number of anilines is 2. The van der Waals surface area contributed by atoms with Crippen LogP contribution in [0.5, 0.6) is 5.75 Å². The largest absolute Gasteiger partial charge is 0.497 e. The maximum absolute atomic E-state index is 11.9. The molecule has 0 aliphatic carbocycles. The normalized spacial score (nSPS) is 14.3. The van der Waals surface area contributed by atoms with E-state index in [4.69, 9.17) is 16.3 Å². The molecule has 0 saturated carbocycles. The van der Waals surface area contributed by atoms with Gasteiger partial charge in [0.2, 0.25) is 0 Å². The number of hydrogen-bond acceptors (Lipinski definition) is 5. The summed E-state index contributed by atoms with van der Waals surface area (Å²) >= 11 is 6.15. The molecule has 0 amide bonds. The summed E-state index contributed by atoms with van der Waals surface area (Å²) in [5, 5.41) is 11.1. The fourth-order valence-electron chi connectivity index (χ4n) is 3.71. The topological polar surface area (TPSA) is 70.2 Å². The molecule has 1 saturated heterocycles. The van der Waals surface area contributed by atoms with Gasteiger partial charge in [-0.05, 0) is 61.2 Å². The quantitative estimate of drug-likeness (QED) is 0.674. The van der Waals surface area contributed by atoms with Crippen LogP contribution in [-0.2, 0) is 6.54 Å².